The second-order valence-electron chi connectivity index (χ2n) is 9.12. The SMILES string of the molecule is COc1ccc2c(c1)C1(C3=C2c2ccccc2C(OC)C3)c2ccccc2-c2ccccc21. The Labute approximate surface area is 194 Å². The third-order valence-electron chi connectivity index (χ3n) is 7.86. The van der Waals surface area contributed by atoms with Crippen molar-refractivity contribution in [1.82, 2.24) is 0 Å². The van der Waals surface area contributed by atoms with Crippen LogP contribution in [-0.2, 0) is 10.2 Å². The molecule has 0 radical (unpaired) electrons. The van der Waals surface area contributed by atoms with Gasteiger partial charge in [-0.2, -0.15) is 0 Å². The third kappa shape index (κ3) is 2.22. The highest BCUT2D eigenvalue weighted by atomic mass is 16.5. The van der Waals surface area contributed by atoms with Crippen molar-refractivity contribution in [3.8, 4) is 16.9 Å². The lowest BCUT2D eigenvalue weighted by atomic mass is 9.67. The highest BCUT2D eigenvalue weighted by Gasteiger charge is 2.54. The summed E-state index contributed by atoms with van der Waals surface area (Å²) in [5.41, 5.74) is 13.0. The summed E-state index contributed by atoms with van der Waals surface area (Å²) in [5.74, 6) is 0.895. The molecule has 1 spiro atoms. The predicted octanol–water partition coefficient (Wildman–Crippen LogP) is 6.92. The lowest BCUT2D eigenvalue weighted by molar-refractivity contribution is 0.100. The molecule has 0 aliphatic heterocycles. The number of hydrogen-bond acceptors (Lipinski definition) is 2. The van der Waals surface area contributed by atoms with Gasteiger partial charge in [-0.3, -0.25) is 0 Å². The van der Waals surface area contributed by atoms with Crippen LogP contribution in [0.3, 0.4) is 0 Å². The average Bonchev–Trinajstić information content (AvgIpc) is 3.35. The second kappa shape index (κ2) is 6.69. The van der Waals surface area contributed by atoms with Crippen LogP contribution in [-0.4, -0.2) is 14.2 Å². The quantitative estimate of drug-likeness (QED) is 0.345. The highest BCUT2D eigenvalue weighted by Crippen LogP contribution is 2.65. The van der Waals surface area contributed by atoms with E-state index in [1.807, 2.05) is 7.11 Å². The summed E-state index contributed by atoms with van der Waals surface area (Å²) in [7, 11) is 3.59. The maximum atomic E-state index is 6.09. The first-order valence-electron chi connectivity index (χ1n) is 11.5. The smallest absolute Gasteiger partial charge is 0.119 e. The van der Waals surface area contributed by atoms with Crippen molar-refractivity contribution < 1.29 is 9.47 Å². The van der Waals surface area contributed by atoms with Crippen molar-refractivity contribution in [2.45, 2.75) is 17.9 Å². The van der Waals surface area contributed by atoms with E-state index in [0.717, 1.165) is 12.2 Å². The zero-order valence-electron chi connectivity index (χ0n) is 18.8. The second-order valence-corrected chi connectivity index (χ2v) is 9.12. The van der Waals surface area contributed by atoms with Crippen molar-refractivity contribution in [2.24, 2.45) is 0 Å². The monoisotopic (exact) mass is 428 g/mol. The van der Waals surface area contributed by atoms with Crippen LogP contribution in [0, 0.1) is 0 Å². The molecule has 7 rings (SSSR count). The van der Waals surface area contributed by atoms with Gasteiger partial charge in [0.1, 0.15) is 5.75 Å². The maximum Gasteiger partial charge on any atom is 0.119 e. The van der Waals surface area contributed by atoms with E-state index in [-0.39, 0.29) is 11.5 Å². The van der Waals surface area contributed by atoms with Gasteiger partial charge in [0.05, 0.1) is 18.6 Å². The Kier molecular flexibility index (Phi) is 3.83. The van der Waals surface area contributed by atoms with Gasteiger partial charge in [0.2, 0.25) is 0 Å². The molecule has 0 saturated heterocycles. The number of rotatable bonds is 2. The van der Waals surface area contributed by atoms with Crippen LogP contribution < -0.4 is 4.74 Å². The Bertz CT molecular complexity index is 1430. The Morgan fingerprint density at radius 3 is 1.97 bits per heavy atom. The molecule has 4 aromatic carbocycles. The zero-order valence-corrected chi connectivity index (χ0v) is 18.8. The lowest BCUT2D eigenvalue weighted by Gasteiger charge is -2.36. The van der Waals surface area contributed by atoms with Crippen LogP contribution in [0.25, 0.3) is 16.7 Å². The molecule has 2 heteroatoms. The maximum absolute atomic E-state index is 6.09. The van der Waals surface area contributed by atoms with Gasteiger partial charge in [0, 0.05) is 13.5 Å². The van der Waals surface area contributed by atoms with E-state index >= 15 is 0 Å². The minimum Gasteiger partial charge on any atom is -0.497 e. The molecular formula is C31H24O2. The van der Waals surface area contributed by atoms with E-state index in [9.17, 15) is 0 Å². The molecule has 33 heavy (non-hydrogen) atoms. The molecule has 3 aliphatic rings. The molecule has 0 saturated carbocycles. The first-order chi connectivity index (χ1) is 16.3. The predicted molar refractivity (Wildman–Crippen MR) is 132 cm³/mol. The van der Waals surface area contributed by atoms with Crippen LogP contribution in [0.15, 0.2) is 96.6 Å². The minimum absolute atomic E-state index is 0.0351. The summed E-state index contributed by atoms with van der Waals surface area (Å²) in [5, 5.41) is 0. The fourth-order valence-electron chi connectivity index (χ4n) is 6.62. The molecule has 0 aromatic heterocycles. The van der Waals surface area contributed by atoms with Crippen molar-refractivity contribution in [1.29, 1.82) is 0 Å². The van der Waals surface area contributed by atoms with Crippen molar-refractivity contribution >= 4 is 5.57 Å². The van der Waals surface area contributed by atoms with Crippen molar-refractivity contribution in [2.75, 3.05) is 14.2 Å². The van der Waals surface area contributed by atoms with Crippen LogP contribution in [0.5, 0.6) is 5.75 Å². The van der Waals surface area contributed by atoms with Gasteiger partial charge in [0.25, 0.3) is 0 Å². The summed E-state index contributed by atoms with van der Waals surface area (Å²) in [6.07, 6.45) is 0.899. The fraction of sp³-hybridized carbons (Fsp3) is 0.161. The molecule has 0 heterocycles. The van der Waals surface area contributed by atoms with Crippen LogP contribution in [0.2, 0.25) is 0 Å². The molecule has 0 bridgehead atoms. The van der Waals surface area contributed by atoms with Gasteiger partial charge in [-0.25, -0.2) is 0 Å². The first-order valence-corrected chi connectivity index (χ1v) is 11.5. The normalized spacial score (nSPS) is 18.4. The van der Waals surface area contributed by atoms with Gasteiger partial charge >= 0.3 is 0 Å². The minimum atomic E-state index is -0.337. The zero-order chi connectivity index (χ0) is 22.2. The molecule has 0 fully saturated rings. The van der Waals surface area contributed by atoms with Gasteiger partial charge in [-0.15, -0.1) is 0 Å². The molecule has 160 valence electrons. The summed E-state index contributed by atoms with van der Waals surface area (Å²) in [6, 6.07) is 33.2. The molecular weight excluding hydrogens is 404 g/mol. The van der Waals surface area contributed by atoms with Crippen LogP contribution in [0.1, 0.15) is 45.9 Å². The number of fused-ring (bicyclic) bond motifs is 11. The summed E-state index contributed by atoms with van der Waals surface area (Å²) < 4.78 is 11.8. The van der Waals surface area contributed by atoms with Gasteiger partial charge in [-0.05, 0) is 67.8 Å². The van der Waals surface area contributed by atoms with E-state index in [1.165, 1.54) is 55.7 Å². The number of hydrogen-bond donors (Lipinski definition) is 0. The Morgan fingerprint density at radius 2 is 1.30 bits per heavy atom. The number of methoxy groups -OCH3 is 2. The highest BCUT2D eigenvalue weighted by molar-refractivity contribution is 5.99. The number of benzene rings is 4. The summed E-state index contributed by atoms with van der Waals surface area (Å²) in [4.78, 5) is 0. The summed E-state index contributed by atoms with van der Waals surface area (Å²) in [6.45, 7) is 0. The van der Waals surface area contributed by atoms with E-state index in [0.29, 0.717) is 0 Å². The van der Waals surface area contributed by atoms with E-state index < -0.39 is 0 Å². The standard InChI is InChI=1S/C31H24O2/c1-32-19-15-16-24-27(17-19)31(25-13-7-5-9-20(25)21-10-6-8-14-26(21)31)28-18-29(33-2)22-11-3-4-12-23(22)30(24)28/h3-17,29H,18H2,1-2H3. The largest absolute Gasteiger partial charge is 0.497 e. The number of ether oxygens (including phenoxy) is 2. The van der Waals surface area contributed by atoms with E-state index in [1.54, 1.807) is 7.11 Å². The molecule has 4 aromatic rings. The molecule has 1 atom stereocenters. The van der Waals surface area contributed by atoms with Gasteiger partial charge in [-0.1, -0.05) is 78.9 Å². The Hall–Kier alpha value is -3.62. The first kappa shape index (κ1) is 18.9. The Balaban J connectivity index is 1.67. The fourth-order valence-corrected chi connectivity index (χ4v) is 6.62. The Morgan fingerprint density at radius 1 is 0.667 bits per heavy atom. The van der Waals surface area contributed by atoms with Gasteiger partial charge in [0.15, 0.2) is 0 Å². The third-order valence-corrected chi connectivity index (χ3v) is 7.86. The molecule has 1 unspecified atom stereocenters. The van der Waals surface area contributed by atoms with E-state index in [2.05, 4.69) is 91.0 Å². The molecule has 0 N–H and O–H groups in total. The van der Waals surface area contributed by atoms with Crippen LogP contribution >= 0.6 is 0 Å². The van der Waals surface area contributed by atoms with Crippen molar-refractivity contribution in [3.63, 3.8) is 0 Å². The molecule has 0 amide bonds. The van der Waals surface area contributed by atoms with Gasteiger partial charge < -0.3 is 9.47 Å². The average molecular weight is 429 g/mol. The molecule has 3 aliphatic carbocycles. The van der Waals surface area contributed by atoms with Crippen molar-refractivity contribution in [3.05, 3.63) is 130 Å². The van der Waals surface area contributed by atoms with E-state index in [4.69, 9.17) is 9.47 Å². The topological polar surface area (TPSA) is 18.5 Å². The lowest BCUT2D eigenvalue weighted by Crippen LogP contribution is -2.29. The van der Waals surface area contributed by atoms with Crippen LogP contribution in [0.4, 0.5) is 0 Å². The molecule has 2 nitrogen and oxygen atoms in total. The summed E-state index contributed by atoms with van der Waals surface area (Å²) >= 11 is 0.